The largest absolute Gasteiger partial charge is 0.398 e. The molecule has 0 radical (unpaired) electrons. The highest BCUT2D eigenvalue weighted by molar-refractivity contribution is 9.10. The summed E-state index contributed by atoms with van der Waals surface area (Å²) in [5.41, 5.74) is 7.40. The van der Waals surface area contributed by atoms with E-state index >= 15 is 0 Å². The van der Waals surface area contributed by atoms with Crippen LogP contribution < -0.4 is 10.5 Å². The maximum Gasteiger partial charge on any atom is 0.263 e. The summed E-state index contributed by atoms with van der Waals surface area (Å²) in [5, 5.41) is 8.78. The van der Waals surface area contributed by atoms with E-state index in [1.165, 1.54) is 18.2 Å². The van der Waals surface area contributed by atoms with E-state index in [0.29, 0.717) is 15.7 Å². The molecule has 7 heteroatoms. The van der Waals surface area contributed by atoms with E-state index in [-0.39, 0.29) is 10.6 Å². The molecule has 0 bridgehead atoms. The minimum atomic E-state index is -3.82. The number of anilines is 2. The van der Waals surface area contributed by atoms with Gasteiger partial charge in [-0.2, -0.15) is 5.26 Å². The van der Waals surface area contributed by atoms with Crippen LogP contribution in [0.15, 0.2) is 45.8 Å². The van der Waals surface area contributed by atoms with Crippen molar-refractivity contribution in [1.29, 1.82) is 5.26 Å². The summed E-state index contributed by atoms with van der Waals surface area (Å²) in [7, 11) is -3.82. The predicted molar refractivity (Wildman–Crippen MR) is 85.3 cm³/mol. The smallest absolute Gasteiger partial charge is 0.263 e. The molecule has 0 aliphatic carbocycles. The van der Waals surface area contributed by atoms with Crippen molar-refractivity contribution < 1.29 is 8.42 Å². The SMILES string of the molecule is Cc1cccc(NS(=O)(=O)c2ccc(C#N)cc2N)c1Br. The van der Waals surface area contributed by atoms with Crippen molar-refractivity contribution in [3.8, 4) is 6.07 Å². The monoisotopic (exact) mass is 365 g/mol. The summed E-state index contributed by atoms with van der Waals surface area (Å²) in [6.45, 7) is 1.86. The Kier molecular flexibility index (Phi) is 4.21. The van der Waals surface area contributed by atoms with Crippen LogP contribution in [0.1, 0.15) is 11.1 Å². The van der Waals surface area contributed by atoms with Crippen molar-refractivity contribution in [1.82, 2.24) is 0 Å². The van der Waals surface area contributed by atoms with Crippen LogP contribution in [0.5, 0.6) is 0 Å². The Hall–Kier alpha value is -2.04. The molecule has 0 heterocycles. The van der Waals surface area contributed by atoms with Gasteiger partial charge >= 0.3 is 0 Å². The number of nitriles is 1. The zero-order valence-electron chi connectivity index (χ0n) is 11.1. The van der Waals surface area contributed by atoms with Gasteiger partial charge in [0.05, 0.1) is 23.0 Å². The van der Waals surface area contributed by atoms with Crippen LogP contribution in [0.25, 0.3) is 0 Å². The first-order chi connectivity index (χ1) is 9.85. The summed E-state index contributed by atoms with van der Waals surface area (Å²) >= 11 is 3.35. The first kappa shape index (κ1) is 15.4. The van der Waals surface area contributed by atoms with E-state index in [1.807, 2.05) is 19.1 Å². The van der Waals surface area contributed by atoms with Gasteiger partial charge in [-0.1, -0.05) is 12.1 Å². The van der Waals surface area contributed by atoms with Crippen molar-refractivity contribution in [3.63, 3.8) is 0 Å². The lowest BCUT2D eigenvalue weighted by Gasteiger charge is -2.12. The minimum Gasteiger partial charge on any atom is -0.398 e. The Morgan fingerprint density at radius 3 is 2.62 bits per heavy atom. The minimum absolute atomic E-state index is 0.0327. The average Bonchev–Trinajstić information content (AvgIpc) is 2.43. The molecule has 0 amide bonds. The van der Waals surface area contributed by atoms with Crippen LogP contribution in [0.3, 0.4) is 0 Å². The molecule has 0 aliphatic heterocycles. The number of nitrogens with one attached hydrogen (secondary N) is 1. The molecule has 21 heavy (non-hydrogen) atoms. The Labute approximate surface area is 131 Å². The fraction of sp³-hybridized carbons (Fsp3) is 0.0714. The summed E-state index contributed by atoms with van der Waals surface area (Å²) in [4.78, 5) is -0.0603. The third-order valence-corrected chi connectivity index (χ3v) is 5.36. The molecular formula is C14H12BrN3O2S. The third kappa shape index (κ3) is 3.17. The number of nitrogens with two attached hydrogens (primary N) is 1. The fourth-order valence-corrected chi connectivity index (χ4v) is 3.47. The maximum absolute atomic E-state index is 12.4. The molecule has 0 aromatic heterocycles. The maximum atomic E-state index is 12.4. The van der Waals surface area contributed by atoms with Gasteiger partial charge in [0.25, 0.3) is 10.0 Å². The molecular weight excluding hydrogens is 354 g/mol. The Morgan fingerprint density at radius 2 is 2.00 bits per heavy atom. The number of nitrogens with zero attached hydrogens (tertiary/aromatic N) is 1. The number of rotatable bonds is 3. The number of hydrogen-bond donors (Lipinski definition) is 2. The summed E-state index contributed by atoms with van der Waals surface area (Å²) in [5.74, 6) is 0. The molecule has 0 saturated heterocycles. The number of halogens is 1. The molecule has 5 nitrogen and oxygen atoms in total. The second-order valence-corrected chi connectivity index (χ2v) is 6.85. The lowest BCUT2D eigenvalue weighted by atomic mass is 10.2. The van der Waals surface area contributed by atoms with Crippen molar-refractivity contribution in [2.45, 2.75) is 11.8 Å². The molecule has 0 aliphatic rings. The quantitative estimate of drug-likeness (QED) is 0.817. The Morgan fingerprint density at radius 1 is 1.29 bits per heavy atom. The Bertz CT molecular complexity index is 842. The van der Waals surface area contributed by atoms with Crippen molar-refractivity contribution in [2.24, 2.45) is 0 Å². The number of nitrogen functional groups attached to an aromatic ring is 1. The van der Waals surface area contributed by atoms with Gasteiger partial charge in [0.15, 0.2) is 0 Å². The lowest BCUT2D eigenvalue weighted by molar-refractivity contribution is 0.601. The van der Waals surface area contributed by atoms with Gasteiger partial charge in [0, 0.05) is 4.47 Å². The van der Waals surface area contributed by atoms with E-state index in [4.69, 9.17) is 11.0 Å². The summed E-state index contributed by atoms with van der Waals surface area (Å²) in [6, 6.07) is 11.2. The average molecular weight is 366 g/mol. The Balaban J connectivity index is 2.44. The van der Waals surface area contributed by atoms with E-state index in [9.17, 15) is 8.42 Å². The second-order valence-electron chi connectivity index (χ2n) is 4.41. The molecule has 0 atom stereocenters. The van der Waals surface area contributed by atoms with Crippen LogP contribution in [0, 0.1) is 18.3 Å². The lowest BCUT2D eigenvalue weighted by Crippen LogP contribution is -2.15. The zero-order valence-corrected chi connectivity index (χ0v) is 13.5. The molecule has 108 valence electrons. The zero-order chi connectivity index (χ0) is 15.6. The van der Waals surface area contributed by atoms with E-state index < -0.39 is 10.0 Å². The van der Waals surface area contributed by atoms with Crippen LogP contribution >= 0.6 is 15.9 Å². The van der Waals surface area contributed by atoms with Gasteiger partial charge in [-0.25, -0.2) is 8.42 Å². The molecule has 3 N–H and O–H groups in total. The van der Waals surface area contributed by atoms with Gasteiger partial charge in [0.2, 0.25) is 0 Å². The number of aryl methyl sites for hydroxylation is 1. The van der Waals surface area contributed by atoms with Gasteiger partial charge in [-0.3, -0.25) is 4.72 Å². The van der Waals surface area contributed by atoms with Gasteiger partial charge < -0.3 is 5.73 Å². The molecule has 2 aromatic carbocycles. The van der Waals surface area contributed by atoms with Gasteiger partial charge in [-0.05, 0) is 52.7 Å². The third-order valence-electron chi connectivity index (χ3n) is 2.86. The molecule has 0 unspecified atom stereocenters. The summed E-state index contributed by atoms with van der Waals surface area (Å²) in [6.07, 6.45) is 0. The predicted octanol–water partition coefficient (Wildman–Crippen LogP) is 3.01. The van der Waals surface area contributed by atoms with Gasteiger partial charge in [0.1, 0.15) is 4.90 Å². The van der Waals surface area contributed by atoms with Crippen molar-refractivity contribution >= 4 is 37.3 Å². The highest BCUT2D eigenvalue weighted by atomic mass is 79.9. The highest BCUT2D eigenvalue weighted by Gasteiger charge is 2.19. The van der Waals surface area contributed by atoms with Crippen molar-refractivity contribution in [3.05, 3.63) is 52.0 Å². The fourth-order valence-electron chi connectivity index (χ4n) is 1.79. The van der Waals surface area contributed by atoms with E-state index in [1.54, 1.807) is 12.1 Å². The molecule has 2 rings (SSSR count). The highest BCUT2D eigenvalue weighted by Crippen LogP contribution is 2.29. The standard InChI is InChI=1S/C14H12BrN3O2S/c1-9-3-2-4-12(14(9)15)18-21(19,20)13-6-5-10(8-16)7-11(13)17/h2-7,18H,17H2,1H3. The normalized spacial score (nSPS) is 10.9. The molecule has 2 aromatic rings. The second kappa shape index (κ2) is 5.76. The first-order valence-corrected chi connectivity index (χ1v) is 8.20. The van der Waals surface area contributed by atoms with E-state index in [2.05, 4.69) is 20.7 Å². The number of hydrogen-bond acceptors (Lipinski definition) is 4. The topological polar surface area (TPSA) is 96.0 Å². The first-order valence-electron chi connectivity index (χ1n) is 5.92. The van der Waals surface area contributed by atoms with Crippen LogP contribution in [0.2, 0.25) is 0 Å². The van der Waals surface area contributed by atoms with Gasteiger partial charge in [-0.15, -0.1) is 0 Å². The summed E-state index contributed by atoms with van der Waals surface area (Å²) < 4.78 is 27.9. The van der Waals surface area contributed by atoms with Crippen LogP contribution in [-0.2, 0) is 10.0 Å². The molecule has 0 fully saturated rings. The van der Waals surface area contributed by atoms with E-state index in [0.717, 1.165) is 5.56 Å². The van der Waals surface area contributed by atoms with Crippen LogP contribution in [0.4, 0.5) is 11.4 Å². The number of sulfonamides is 1. The van der Waals surface area contributed by atoms with Crippen LogP contribution in [-0.4, -0.2) is 8.42 Å². The molecule has 0 saturated carbocycles. The van der Waals surface area contributed by atoms with Crippen molar-refractivity contribution in [2.75, 3.05) is 10.5 Å². The number of benzene rings is 2. The molecule has 0 spiro atoms.